The van der Waals surface area contributed by atoms with Gasteiger partial charge in [-0.3, -0.25) is 4.98 Å². The maximum atomic E-state index is 5.69. The summed E-state index contributed by atoms with van der Waals surface area (Å²) in [5.41, 5.74) is 7.52. The minimum absolute atomic E-state index is 0.429. The fraction of sp³-hybridized carbons (Fsp3) is 0.154. The zero-order valence-electron chi connectivity index (χ0n) is 9.27. The molecule has 0 amide bonds. The van der Waals surface area contributed by atoms with Crippen LogP contribution in [0, 0.1) is 0 Å². The van der Waals surface area contributed by atoms with Gasteiger partial charge in [0, 0.05) is 22.8 Å². The van der Waals surface area contributed by atoms with Crippen molar-refractivity contribution in [3.63, 3.8) is 0 Å². The molecule has 0 unspecified atom stereocenters. The van der Waals surface area contributed by atoms with Crippen LogP contribution in [-0.2, 0) is 13.2 Å². The molecule has 88 valence electrons. The van der Waals surface area contributed by atoms with Gasteiger partial charge in [0.25, 0.3) is 0 Å². The van der Waals surface area contributed by atoms with Crippen LogP contribution in [-0.4, -0.2) is 4.98 Å². The summed E-state index contributed by atoms with van der Waals surface area (Å²) in [6.45, 7) is 0.912. The number of aromatic nitrogens is 1. The van der Waals surface area contributed by atoms with Crippen molar-refractivity contribution in [3.05, 3.63) is 58.3 Å². The average Bonchev–Trinajstić information content (AvgIpc) is 2.37. The molecule has 0 aliphatic carbocycles. The molecule has 4 heteroatoms. The van der Waals surface area contributed by atoms with Crippen molar-refractivity contribution in [2.45, 2.75) is 13.2 Å². The Kier molecular flexibility index (Phi) is 4.12. The summed E-state index contributed by atoms with van der Waals surface area (Å²) in [6.07, 6.45) is 1.74. The highest BCUT2D eigenvalue weighted by molar-refractivity contribution is 9.10. The number of hydrogen-bond donors (Lipinski definition) is 1. The van der Waals surface area contributed by atoms with Gasteiger partial charge in [0.05, 0.1) is 5.69 Å². The Morgan fingerprint density at radius 3 is 2.88 bits per heavy atom. The molecule has 0 fully saturated rings. The van der Waals surface area contributed by atoms with E-state index in [1.54, 1.807) is 6.20 Å². The van der Waals surface area contributed by atoms with E-state index in [1.165, 1.54) is 0 Å². The smallest absolute Gasteiger partial charge is 0.120 e. The number of benzene rings is 1. The average molecular weight is 293 g/mol. The molecule has 0 saturated heterocycles. The second kappa shape index (κ2) is 5.80. The number of rotatable bonds is 4. The lowest BCUT2D eigenvalue weighted by Crippen LogP contribution is -2.06. The van der Waals surface area contributed by atoms with Crippen LogP contribution in [0.2, 0.25) is 0 Å². The third-order valence-electron chi connectivity index (χ3n) is 2.37. The van der Waals surface area contributed by atoms with Gasteiger partial charge in [-0.25, -0.2) is 0 Å². The molecule has 2 aromatic rings. The van der Waals surface area contributed by atoms with Gasteiger partial charge in [0.2, 0.25) is 0 Å². The molecule has 0 aliphatic heterocycles. The van der Waals surface area contributed by atoms with E-state index in [0.717, 1.165) is 21.5 Å². The van der Waals surface area contributed by atoms with Crippen molar-refractivity contribution in [2.24, 2.45) is 5.73 Å². The van der Waals surface area contributed by atoms with Crippen LogP contribution in [0.25, 0.3) is 0 Å². The van der Waals surface area contributed by atoms with Crippen LogP contribution in [0.3, 0.4) is 0 Å². The Morgan fingerprint density at radius 2 is 2.12 bits per heavy atom. The Morgan fingerprint density at radius 1 is 1.24 bits per heavy atom. The number of halogens is 1. The predicted molar refractivity (Wildman–Crippen MR) is 70.6 cm³/mol. The van der Waals surface area contributed by atoms with Gasteiger partial charge in [0.15, 0.2) is 0 Å². The standard InChI is InChI=1S/C13H13BrN2O/c14-11-4-1-5-12(7-11)17-9-10-3-2-6-16-13(10)8-15/h1-7H,8-9,15H2. The fourth-order valence-corrected chi connectivity index (χ4v) is 1.88. The third-order valence-corrected chi connectivity index (χ3v) is 2.86. The van der Waals surface area contributed by atoms with Crippen molar-refractivity contribution >= 4 is 15.9 Å². The molecule has 0 radical (unpaired) electrons. The van der Waals surface area contributed by atoms with Gasteiger partial charge in [0.1, 0.15) is 12.4 Å². The quantitative estimate of drug-likeness (QED) is 0.943. The van der Waals surface area contributed by atoms with Gasteiger partial charge in [-0.05, 0) is 24.3 Å². The van der Waals surface area contributed by atoms with Gasteiger partial charge in [-0.15, -0.1) is 0 Å². The minimum Gasteiger partial charge on any atom is -0.489 e. The van der Waals surface area contributed by atoms with E-state index in [2.05, 4.69) is 20.9 Å². The molecule has 2 N–H and O–H groups in total. The van der Waals surface area contributed by atoms with Crippen molar-refractivity contribution < 1.29 is 4.74 Å². The van der Waals surface area contributed by atoms with Gasteiger partial charge in [-0.2, -0.15) is 0 Å². The van der Waals surface area contributed by atoms with E-state index in [1.807, 2.05) is 36.4 Å². The Bertz CT molecular complexity index is 502. The second-order valence-electron chi connectivity index (χ2n) is 3.56. The largest absolute Gasteiger partial charge is 0.489 e. The third kappa shape index (κ3) is 3.28. The lowest BCUT2D eigenvalue weighted by molar-refractivity contribution is 0.304. The molecule has 1 aromatic heterocycles. The number of hydrogen-bond acceptors (Lipinski definition) is 3. The lowest BCUT2D eigenvalue weighted by atomic mass is 10.2. The summed E-state index contributed by atoms with van der Waals surface area (Å²) in [5.74, 6) is 0.825. The van der Waals surface area contributed by atoms with E-state index in [9.17, 15) is 0 Å². The highest BCUT2D eigenvalue weighted by atomic mass is 79.9. The summed E-state index contributed by atoms with van der Waals surface area (Å²) in [7, 11) is 0. The number of pyridine rings is 1. The molecule has 0 aliphatic rings. The first-order chi connectivity index (χ1) is 8.29. The first-order valence-electron chi connectivity index (χ1n) is 5.31. The molecule has 17 heavy (non-hydrogen) atoms. The van der Waals surface area contributed by atoms with Crippen LogP contribution < -0.4 is 10.5 Å². The van der Waals surface area contributed by atoms with Gasteiger partial charge < -0.3 is 10.5 Å². The van der Waals surface area contributed by atoms with E-state index in [0.29, 0.717) is 13.2 Å². The zero-order chi connectivity index (χ0) is 12.1. The van der Waals surface area contributed by atoms with E-state index in [4.69, 9.17) is 10.5 Å². The maximum absolute atomic E-state index is 5.69. The molecular weight excluding hydrogens is 280 g/mol. The van der Waals surface area contributed by atoms with Crippen LogP contribution in [0.5, 0.6) is 5.75 Å². The SMILES string of the molecule is NCc1ncccc1COc1cccc(Br)c1. The van der Waals surface area contributed by atoms with E-state index in [-0.39, 0.29) is 0 Å². The highest BCUT2D eigenvalue weighted by Gasteiger charge is 2.02. The molecule has 1 aromatic carbocycles. The summed E-state index contributed by atoms with van der Waals surface area (Å²) < 4.78 is 6.69. The van der Waals surface area contributed by atoms with E-state index >= 15 is 0 Å². The molecule has 0 saturated carbocycles. The molecule has 1 heterocycles. The maximum Gasteiger partial charge on any atom is 0.120 e. The Balaban J connectivity index is 2.07. The first-order valence-corrected chi connectivity index (χ1v) is 6.10. The summed E-state index contributed by atoms with van der Waals surface area (Å²) in [4.78, 5) is 4.21. The lowest BCUT2D eigenvalue weighted by Gasteiger charge is -2.09. The molecule has 3 nitrogen and oxygen atoms in total. The first kappa shape index (κ1) is 12.1. The van der Waals surface area contributed by atoms with Crippen molar-refractivity contribution in [2.75, 3.05) is 0 Å². The summed E-state index contributed by atoms with van der Waals surface area (Å²) >= 11 is 3.40. The highest BCUT2D eigenvalue weighted by Crippen LogP contribution is 2.19. The summed E-state index contributed by atoms with van der Waals surface area (Å²) in [5, 5.41) is 0. The van der Waals surface area contributed by atoms with Crippen molar-refractivity contribution in [1.82, 2.24) is 4.98 Å². The monoisotopic (exact) mass is 292 g/mol. The molecule has 0 spiro atoms. The van der Waals surface area contributed by atoms with Crippen molar-refractivity contribution in [3.8, 4) is 5.75 Å². The number of nitrogens with zero attached hydrogens (tertiary/aromatic N) is 1. The van der Waals surface area contributed by atoms with Crippen LogP contribution >= 0.6 is 15.9 Å². The zero-order valence-corrected chi connectivity index (χ0v) is 10.9. The second-order valence-corrected chi connectivity index (χ2v) is 4.48. The van der Waals surface area contributed by atoms with E-state index < -0.39 is 0 Å². The number of ether oxygens (including phenoxy) is 1. The minimum atomic E-state index is 0.429. The predicted octanol–water partition coefficient (Wildman–Crippen LogP) is 2.88. The van der Waals surface area contributed by atoms with Gasteiger partial charge in [-0.1, -0.05) is 28.1 Å². The van der Waals surface area contributed by atoms with Crippen LogP contribution in [0.1, 0.15) is 11.3 Å². The molecule has 0 bridgehead atoms. The van der Waals surface area contributed by atoms with Crippen molar-refractivity contribution in [1.29, 1.82) is 0 Å². The fourth-order valence-electron chi connectivity index (χ4n) is 1.50. The topological polar surface area (TPSA) is 48.1 Å². The summed E-state index contributed by atoms with van der Waals surface area (Å²) in [6, 6.07) is 11.6. The van der Waals surface area contributed by atoms with Gasteiger partial charge >= 0.3 is 0 Å². The Hall–Kier alpha value is -1.39. The molecular formula is C13H13BrN2O. The molecule has 0 atom stereocenters. The molecule has 2 rings (SSSR count). The van der Waals surface area contributed by atoms with Crippen LogP contribution in [0.4, 0.5) is 0 Å². The Labute approximate surface area is 109 Å². The number of nitrogens with two attached hydrogens (primary N) is 1. The normalized spacial score (nSPS) is 10.2. The van der Waals surface area contributed by atoms with Crippen LogP contribution in [0.15, 0.2) is 47.1 Å².